The normalized spacial score (nSPS) is 10.8. The van der Waals surface area contributed by atoms with Crippen LogP contribution in [0.3, 0.4) is 0 Å². The molecule has 24 heavy (non-hydrogen) atoms. The average molecular weight is 343 g/mol. The number of sulfonamides is 1. The number of carbonyl (C=O) groups is 1. The van der Waals surface area contributed by atoms with Crippen LogP contribution in [0.2, 0.25) is 0 Å². The van der Waals surface area contributed by atoms with Crippen molar-refractivity contribution < 1.29 is 13.2 Å². The zero-order chi connectivity index (χ0) is 17.6. The highest BCUT2D eigenvalue weighted by atomic mass is 32.2. The number of hydrogen-bond acceptors (Lipinski definition) is 4. The van der Waals surface area contributed by atoms with E-state index < -0.39 is 10.0 Å². The molecule has 7 heteroatoms. The first-order valence-electron chi connectivity index (χ1n) is 7.25. The number of nitriles is 1. The van der Waals surface area contributed by atoms with Crippen LogP contribution in [0.4, 0.5) is 0 Å². The third-order valence-corrected chi connectivity index (χ3v) is 4.78. The quantitative estimate of drug-likeness (QED) is 0.830. The predicted octanol–water partition coefficient (Wildman–Crippen LogP) is 1.50. The fourth-order valence-electron chi connectivity index (χ4n) is 2.11. The lowest BCUT2D eigenvalue weighted by Crippen LogP contribution is -2.32. The van der Waals surface area contributed by atoms with Crippen molar-refractivity contribution >= 4 is 15.9 Å². The number of rotatable bonds is 6. The first-order valence-corrected chi connectivity index (χ1v) is 8.90. The zero-order valence-corrected chi connectivity index (χ0v) is 13.9. The highest BCUT2D eigenvalue weighted by Crippen LogP contribution is 2.21. The molecule has 0 heterocycles. The molecule has 0 unspecified atom stereocenters. The van der Waals surface area contributed by atoms with Gasteiger partial charge in [-0.05, 0) is 42.4 Å². The highest BCUT2D eigenvalue weighted by Gasteiger charge is 2.10. The summed E-state index contributed by atoms with van der Waals surface area (Å²) in [6.45, 7) is 0.0240. The number of hydrogen-bond donors (Lipinski definition) is 2. The van der Waals surface area contributed by atoms with Crippen LogP contribution in [0.1, 0.15) is 15.9 Å². The summed E-state index contributed by atoms with van der Waals surface area (Å²) < 4.78 is 24.8. The van der Waals surface area contributed by atoms with Crippen LogP contribution >= 0.6 is 0 Å². The van der Waals surface area contributed by atoms with Gasteiger partial charge < -0.3 is 5.32 Å². The largest absolute Gasteiger partial charge is 0.351 e. The van der Waals surface area contributed by atoms with E-state index in [4.69, 9.17) is 5.26 Å². The molecule has 0 aliphatic carbocycles. The number of amides is 1. The maximum Gasteiger partial charge on any atom is 0.251 e. The minimum Gasteiger partial charge on any atom is -0.351 e. The third kappa shape index (κ3) is 4.65. The lowest BCUT2D eigenvalue weighted by molar-refractivity contribution is 0.0956. The van der Waals surface area contributed by atoms with Gasteiger partial charge in [-0.25, -0.2) is 13.1 Å². The van der Waals surface area contributed by atoms with E-state index in [1.165, 1.54) is 7.05 Å². The Bertz CT molecular complexity index is 886. The molecule has 2 N–H and O–H groups in total. The van der Waals surface area contributed by atoms with Crippen molar-refractivity contribution in [3.63, 3.8) is 0 Å². The van der Waals surface area contributed by atoms with Crippen LogP contribution in [-0.4, -0.2) is 33.7 Å². The maximum absolute atomic E-state index is 12.1. The van der Waals surface area contributed by atoms with E-state index in [1.54, 1.807) is 36.4 Å². The Labute approximate surface area is 141 Å². The Morgan fingerprint density at radius 1 is 1.12 bits per heavy atom. The van der Waals surface area contributed by atoms with Gasteiger partial charge in [0.2, 0.25) is 10.0 Å². The van der Waals surface area contributed by atoms with Gasteiger partial charge in [-0.1, -0.05) is 24.3 Å². The molecule has 0 aliphatic heterocycles. The molecule has 0 radical (unpaired) electrons. The standard InChI is InChI=1S/C17H17N3O3S/c1-19-24(22,23)9-8-20-17(21)16-7-3-6-15(11-16)14-5-2-4-13(10-14)12-18/h2-7,10-11,19H,8-9H2,1H3,(H,20,21). The molecule has 2 aromatic rings. The molecular formula is C17H17N3O3S. The van der Waals surface area contributed by atoms with Gasteiger partial charge >= 0.3 is 0 Å². The van der Waals surface area contributed by atoms with Crippen LogP contribution in [0.15, 0.2) is 48.5 Å². The molecular weight excluding hydrogens is 326 g/mol. The molecule has 0 atom stereocenters. The third-order valence-electron chi connectivity index (χ3n) is 3.42. The maximum atomic E-state index is 12.1. The van der Waals surface area contributed by atoms with Gasteiger partial charge in [-0.15, -0.1) is 0 Å². The fraction of sp³-hybridized carbons (Fsp3) is 0.176. The second-order valence-electron chi connectivity index (χ2n) is 5.05. The summed E-state index contributed by atoms with van der Waals surface area (Å²) in [6, 6.07) is 16.1. The zero-order valence-electron chi connectivity index (χ0n) is 13.1. The van der Waals surface area contributed by atoms with Crippen molar-refractivity contribution in [2.45, 2.75) is 0 Å². The molecule has 124 valence electrons. The van der Waals surface area contributed by atoms with Crippen molar-refractivity contribution in [2.24, 2.45) is 0 Å². The van der Waals surface area contributed by atoms with Gasteiger partial charge in [0.25, 0.3) is 5.91 Å². The summed E-state index contributed by atoms with van der Waals surface area (Å²) in [5.41, 5.74) is 2.61. The van der Waals surface area contributed by atoms with Gasteiger partial charge in [-0.2, -0.15) is 5.26 Å². The van der Waals surface area contributed by atoms with Gasteiger partial charge in [0.1, 0.15) is 0 Å². The lowest BCUT2D eigenvalue weighted by atomic mass is 10.0. The SMILES string of the molecule is CNS(=O)(=O)CCNC(=O)c1cccc(-c2cccc(C#N)c2)c1. The Morgan fingerprint density at radius 3 is 2.46 bits per heavy atom. The summed E-state index contributed by atoms with van der Waals surface area (Å²) in [6.07, 6.45) is 0. The molecule has 6 nitrogen and oxygen atoms in total. The first kappa shape index (κ1) is 17.7. The minimum absolute atomic E-state index is 0.0240. The van der Waals surface area contributed by atoms with Crippen molar-refractivity contribution in [1.29, 1.82) is 5.26 Å². The second-order valence-corrected chi connectivity index (χ2v) is 7.10. The Morgan fingerprint density at radius 2 is 1.79 bits per heavy atom. The average Bonchev–Trinajstić information content (AvgIpc) is 2.61. The summed E-state index contributed by atoms with van der Waals surface area (Å²) in [4.78, 5) is 12.1. The van der Waals surface area contributed by atoms with E-state index in [1.807, 2.05) is 12.1 Å². The smallest absolute Gasteiger partial charge is 0.251 e. The van der Waals surface area contributed by atoms with Crippen LogP contribution < -0.4 is 10.0 Å². The fourth-order valence-corrected chi connectivity index (χ4v) is 2.69. The monoisotopic (exact) mass is 343 g/mol. The molecule has 2 rings (SSSR count). The number of nitrogens with zero attached hydrogens (tertiary/aromatic N) is 1. The molecule has 0 aromatic heterocycles. The number of nitrogens with one attached hydrogen (secondary N) is 2. The van der Waals surface area contributed by atoms with Crippen LogP contribution in [0.25, 0.3) is 11.1 Å². The van der Waals surface area contributed by atoms with E-state index in [9.17, 15) is 13.2 Å². The van der Waals surface area contributed by atoms with E-state index in [-0.39, 0.29) is 18.2 Å². The van der Waals surface area contributed by atoms with E-state index in [0.717, 1.165) is 11.1 Å². The summed E-state index contributed by atoms with van der Waals surface area (Å²) >= 11 is 0. The predicted molar refractivity (Wildman–Crippen MR) is 91.8 cm³/mol. The first-order chi connectivity index (χ1) is 11.4. The molecule has 2 aromatic carbocycles. The summed E-state index contributed by atoms with van der Waals surface area (Å²) in [5.74, 6) is -0.529. The van der Waals surface area contributed by atoms with Crippen LogP contribution in [0.5, 0.6) is 0 Å². The van der Waals surface area contributed by atoms with E-state index in [0.29, 0.717) is 11.1 Å². The van der Waals surface area contributed by atoms with Crippen molar-refractivity contribution in [1.82, 2.24) is 10.0 Å². The molecule has 1 amide bonds. The second kappa shape index (κ2) is 7.73. The Kier molecular flexibility index (Phi) is 5.68. The molecule has 0 fully saturated rings. The van der Waals surface area contributed by atoms with Crippen molar-refractivity contribution in [3.8, 4) is 17.2 Å². The molecule has 0 saturated heterocycles. The van der Waals surface area contributed by atoms with E-state index >= 15 is 0 Å². The van der Waals surface area contributed by atoms with Crippen LogP contribution in [-0.2, 0) is 10.0 Å². The highest BCUT2D eigenvalue weighted by molar-refractivity contribution is 7.89. The van der Waals surface area contributed by atoms with Gasteiger partial charge in [0.05, 0.1) is 17.4 Å². The number of carbonyl (C=O) groups excluding carboxylic acids is 1. The van der Waals surface area contributed by atoms with Gasteiger partial charge in [0.15, 0.2) is 0 Å². The van der Waals surface area contributed by atoms with Crippen molar-refractivity contribution in [2.75, 3.05) is 19.3 Å². The van der Waals surface area contributed by atoms with Gasteiger partial charge in [-0.3, -0.25) is 4.79 Å². The van der Waals surface area contributed by atoms with E-state index in [2.05, 4.69) is 16.1 Å². The van der Waals surface area contributed by atoms with Crippen molar-refractivity contribution in [3.05, 3.63) is 59.7 Å². The molecule has 0 bridgehead atoms. The van der Waals surface area contributed by atoms with Crippen LogP contribution in [0, 0.1) is 11.3 Å². The lowest BCUT2D eigenvalue weighted by Gasteiger charge is -2.08. The Hall–Kier alpha value is -2.69. The minimum atomic E-state index is -3.35. The molecule has 0 spiro atoms. The summed E-state index contributed by atoms with van der Waals surface area (Å²) in [7, 11) is -2.02. The Balaban J connectivity index is 2.12. The topological polar surface area (TPSA) is 99.1 Å². The van der Waals surface area contributed by atoms with Gasteiger partial charge in [0, 0.05) is 12.1 Å². The number of benzene rings is 2. The molecule has 0 aliphatic rings. The summed E-state index contributed by atoms with van der Waals surface area (Å²) in [5, 5.41) is 11.5. The molecule has 0 saturated carbocycles.